The third kappa shape index (κ3) is 12.8. The molecule has 0 aliphatic carbocycles. The number of methoxy groups -OCH3 is 1. The number of carbonyl (C=O) groups is 1. The monoisotopic (exact) mass is 610 g/mol. The summed E-state index contributed by atoms with van der Waals surface area (Å²) < 4.78 is 44.4. The summed E-state index contributed by atoms with van der Waals surface area (Å²) in [6.07, 6.45) is 0.245. The van der Waals surface area contributed by atoms with Gasteiger partial charge in [-0.1, -0.05) is 91.0 Å². The van der Waals surface area contributed by atoms with Gasteiger partial charge < -0.3 is 37.9 Å². The van der Waals surface area contributed by atoms with E-state index >= 15 is 0 Å². The van der Waals surface area contributed by atoms with Crippen LogP contribution in [0.1, 0.15) is 23.1 Å². The SMILES string of the molecule is COC(=O)CCOCCOCCOCCOCCOCCOCCOC(c1ccccc1)(c1ccccc1)c1ccccc1. The summed E-state index contributed by atoms with van der Waals surface area (Å²) in [5.41, 5.74) is 2.45. The molecule has 0 aromatic heterocycles. The first kappa shape index (κ1) is 35.3. The molecule has 9 nitrogen and oxygen atoms in total. The van der Waals surface area contributed by atoms with Gasteiger partial charge in [0, 0.05) is 0 Å². The molecule has 0 heterocycles. The van der Waals surface area contributed by atoms with E-state index in [1.165, 1.54) is 7.11 Å². The van der Waals surface area contributed by atoms with Crippen molar-refractivity contribution in [3.63, 3.8) is 0 Å². The topological polar surface area (TPSA) is 90.9 Å². The maximum atomic E-state index is 11.0. The lowest BCUT2D eigenvalue weighted by molar-refractivity contribution is -0.141. The summed E-state index contributed by atoms with van der Waals surface area (Å²) in [7, 11) is 1.36. The first-order valence-corrected chi connectivity index (χ1v) is 15.1. The van der Waals surface area contributed by atoms with Crippen LogP contribution in [-0.2, 0) is 48.3 Å². The number of carbonyl (C=O) groups excluding carboxylic acids is 1. The zero-order chi connectivity index (χ0) is 31.0. The lowest BCUT2D eigenvalue weighted by Gasteiger charge is -2.36. The minimum Gasteiger partial charge on any atom is -0.469 e. The first-order chi connectivity index (χ1) is 21.8. The molecule has 240 valence electrons. The summed E-state index contributed by atoms with van der Waals surface area (Å²) in [6.45, 7) is 5.90. The van der Waals surface area contributed by atoms with Crippen LogP contribution in [0.2, 0.25) is 0 Å². The van der Waals surface area contributed by atoms with Gasteiger partial charge in [-0.15, -0.1) is 0 Å². The van der Waals surface area contributed by atoms with Crippen LogP contribution >= 0.6 is 0 Å². The summed E-state index contributed by atoms with van der Waals surface area (Å²) in [6, 6.07) is 30.9. The van der Waals surface area contributed by atoms with Gasteiger partial charge in [0.15, 0.2) is 0 Å². The summed E-state index contributed by atoms with van der Waals surface area (Å²) in [5, 5.41) is 0. The van der Waals surface area contributed by atoms with Crippen LogP contribution in [-0.4, -0.2) is 99.0 Å². The molecule has 3 aromatic carbocycles. The third-order valence-electron chi connectivity index (χ3n) is 6.63. The Hall–Kier alpha value is -3.15. The number of benzene rings is 3. The number of rotatable bonds is 25. The van der Waals surface area contributed by atoms with Crippen molar-refractivity contribution >= 4 is 5.97 Å². The van der Waals surface area contributed by atoms with Crippen LogP contribution in [0.3, 0.4) is 0 Å². The second kappa shape index (κ2) is 22.4. The second-order valence-corrected chi connectivity index (χ2v) is 9.63. The van der Waals surface area contributed by atoms with Crippen molar-refractivity contribution in [3.8, 4) is 0 Å². The Labute approximate surface area is 261 Å². The van der Waals surface area contributed by atoms with Crippen LogP contribution in [0.25, 0.3) is 0 Å². The Balaban J connectivity index is 1.22. The average molecular weight is 611 g/mol. The first-order valence-electron chi connectivity index (χ1n) is 15.1. The molecule has 3 rings (SSSR count). The van der Waals surface area contributed by atoms with Crippen LogP contribution in [0, 0.1) is 0 Å². The minimum atomic E-state index is -0.750. The maximum Gasteiger partial charge on any atom is 0.307 e. The van der Waals surface area contributed by atoms with Gasteiger partial charge in [-0.25, -0.2) is 0 Å². The Kier molecular flexibility index (Phi) is 18.0. The minimum absolute atomic E-state index is 0.245. The summed E-state index contributed by atoms with van der Waals surface area (Å²) in [5.74, 6) is -0.284. The van der Waals surface area contributed by atoms with Gasteiger partial charge >= 0.3 is 5.97 Å². The second-order valence-electron chi connectivity index (χ2n) is 9.63. The van der Waals surface area contributed by atoms with E-state index in [1.54, 1.807) is 0 Å². The van der Waals surface area contributed by atoms with Crippen molar-refractivity contribution in [1.82, 2.24) is 0 Å². The van der Waals surface area contributed by atoms with Crippen LogP contribution in [0.5, 0.6) is 0 Å². The van der Waals surface area contributed by atoms with Gasteiger partial charge in [0.1, 0.15) is 5.60 Å². The smallest absolute Gasteiger partial charge is 0.307 e. The van der Waals surface area contributed by atoms with Crippen molar-refractivity contribution in [2.75, 3.05) is 93.0 Å². The number of hydrogen-bond donors (Lipinski definition) is 0. The molecular weight excluding hydrogens is 564 g/mol. The van der Waals surface area contributed by atoms with Crippen molar-refractivity contribution < 1.29 is 42.7 Å². The molecule has 0 aliphatic heterocycles. The molecular formula is C35H46O9. The average Bonchev–Trinajstić information content (AvgIpc) is 3.08. The maximum absolute atomic E-state index is 11.0. The van der Waals surface area contributed by atoms with E-state index in [2.05, 4.69) is 41.1 Å². The van der Waals surface area contributed by atoms with E-state index in [9.17, 15) is 4.79 Å². The van der Waals surface area contributed by atoms with Gasteiger partial charge in [-0.05, 0) is 16.7 Å². The molecule has 0 spiro atoms. The number of ether oxygens (including phenoxy) is 8. The highest BCUT2D eigenvalue weighted by Crippen LogP contribution is 2.40. The highest BCUT2D eigenvalue weighted by molar-refractivity contribution is 5.69. The van der Waals surface area contributed by atoms with Crippen LogP contribution in [0.4, 0.5) is 0 Å². The number of hydrogen-bond acceptors (Lipinski definition) is 9. The summed E-state index contributed by atoms with van der Waals surface area (Å²) in [4.78, 5) is 11.0. The fourth-order valence-corrected chi connectivity index (χ4v) is 4.48. The molecule has 44 heavy (non-hydrogen) atoms. The molecule has 0 saturated heterocycles. The van der Waals surface area contributed by atoms with Crippen molar-refractivity contribution in [2.45, 2.75) is 12.0 Å². The Bertz CT molecular complexity index is 1020. The van der Waals surface area contributed by atoms with Gasteiger partial charge in [0.2, 0.25) is 0 Å². The lowest BCUT2D eigenvalue weighted by atomic mass is 9.80. The van der Waals surface area contributed by atoms with Crippen molar-refractivity contribution in [1.29, 1.82) is 0 Å². The molecule has 0 N–H and O–H groups in total. The van der Waals surface area contributed by atoms with E-state index in [0.717, 1.165) is 16.7 Å². The summed E-state index contributed by atoms with van der Waals surface area (Å²) >= 11 is 0. The molecule has 0 saturated carbocycles. The predicted octanol–water partition coefficient (Wildman–Crippen LogP) is 4.66. The molecule has 0 bridgehead atoms. The molecule has 0 amide bonds. The zero-order valence-electron chi connectivity index (χ0n) is 25.7. The quantitative estimate of drug-likeness (QED) is 0.0772. The fourth-order valence-electron chi connectivity index (χ4n) is 4.48. The zero-order valence-corrected chi connectivity index (χ0v) is 25.7. The van der Waals surface area contributed by atoms with E-state index in [4.69, 9.17) is 33.2 Å². The molecule has 3 aromatic rings. The predicted molar refractivity (Wildman–Crippen MR) is 167 cm³/mol. The molecule has 0 fully saturated rings. The van der Waals surface area contributed by atoms with Crippen LogP contribution < -0.4 is 0 Å². The van der Waals surface area contributed by atoms with Gasteiger partial charge in [0.05, 0.1) is 99.4 Å². The van der Waals surface area contributed by atoms with Gasteiger partial charge in [-0.2, -0.15) is 0 Å². The van der Waals surface area contributed by atoms with E-state index in [1.807, 2.05) is 54.6 Å². The Morgan fingerprint density at radius 1 is 0.455 bits per heavy atom. The highest BCUT2D eigenvalue weighted by atomic mass is 16.6. The number of esters is 1. The fraction of sp³-hybridized carbons (Fsp3) is 0.457. The van der Waals surface area contributed by atoms with E-state index < -0.39 is 5.60 Å². The molecule has 0 unspecified atom stereocenters. The Morgan fingerprint density at radius 2 is 0.750 bits per heavy atom. The van der Waals surface area contributed by atoms with Crippen LogP contribution in [0.15, 0.2) is 91.0 Å². The van der Waals surface area contributed by atoms with Crippen molar-refractivity contribution in [2.24, 2.45) is 0 Å². The normalized spacial score (nSPS) is 11.5. The largest absolute Gasteiger partial charge is 0.469 e. The third-order valence-corrected chi connectivity index (χ3v) is 6.63. The Morgan fingerprint density at radius 3 is 1.07 bits per heavy atom. The van der Waals surface area contributed by atoms with Gasteiger partial charge in [-0.3, -0.25) is 4.79 Å². The molecule has 0 atom stereocenters. The molecule has 9 heteroatoms. The van der Waals surface area contributed by atoms with Crippen molar-refractivity contribution in [3.05, 3.63) is 108 Å². The molecule has 0 aliphatic rings. The van der Waals surface area contributed by atoms with Gasteiger partial charge in [0.25, 0.3) is 0 Å². The highest BCUT2D eigenvalue weighted by Gasteiger charge is 2.37. The standard InChI is InChI=1S/C35H46O9/c1-37-34(36)17-18-38-19-20-39-21-22-40-23-24-41-25-26-42-27-28-43-29-30-44-35(31-11-5-2-6-12-31,32-13-7-3-8-14-32)33-15-9-4-10-16-33/h2-16H,17-30H2,1H3. The van der Waals surface area contributed by atoms with E-state index in [-0.39, 0.29) is 12.4 Å². The van der Waals surface area contributed by atoms with E-state index in [0.29, 0.717) is 85.9 Å². The lowest BCUT2D eigenvalue weighted by Crippen LogP contribution is -2.34. The molecule has 0 radical (unpaired) electrons.